The zero-order valence-corrected chi connectivity index (χ0v) is 10.5. The molecule has 0 saturated heterocycles. The maximum absolute atomic E-state index is 11.3. The molecule has 3 nitrogen and oxygen atoms in total. The number of esters is 1. The van der Waals surface area contributed by atoms with Gasteiger partial charge in [-0.3, -0.25) is 0 Å². The van der Waals surface area contributed by atoms with Crippen LogP contribution in [0.2, 0.25) is 0 Å². The first-order chi connectivity index (χ1) is 7.68. The van der Waals surface area contributed by atoms with Crippen molar-refractivity contribution >= 4 is 5.97 Å². The van der Waals surface area contributed by atoms with Crippen molar-refractivity contribution < 1.29 is 14.3 Å². The van der Waals surface area contributed by atoms with Crippen molar-refractivity contribution in [1.82, 2.24) is 0 Å². The maximum Gasteiger partial charge on any atom is 0.332 e. The second kappa shape index (κ2) is 7.66. The number of hydrogen-bond donors (Lipinski definition) is 0. The third-order valence-corrected chi connectivity index (χ3v) is 2.95. The van der Waals surface area contributed by atoms with Crippen LogP contribution in [0.3, 0.4) is 0 Å². The molecule has 3 heteroatoms. The van der Waals surface area contributed by atoms with Gasteiger partial charge in [-0.1, -0.05) is 33.1 Å². The average molecular weight is 228 g/mol. The standard InChI is InChI=1S/C13H24O3/c1-11(2)8-9-15-13(14)10-16-12-6-4-3-5-7-12/h11-12H,3-10H2,1-2H3. The van der Waals surface area contributed by atoms with E-state index in [1.54, 1.807) is 0 Å². The third-order valence-electron chi connectivity index (χ3n) is 2.95. The van der Waals surface area contributed by atoms with Crippen molar-refractivity contribution in [3.8, 4) is 0 Å². The van der Waals surface area contributed by atoms with Crippen molar-refractivity contribution in [3.05, 3.63) is 0 Å². The van der Waals surface area contributed by atoms with Crippen LogP contribution >= 0.6 is 0 Å². The molecule has 0 aromatic rings. The molecule has 1 saturated carbocycles. The second-order valence-corrected chi connectivity index (χ2v) is 4.97. The summed E-state index contributed by atoms with van der Waals surface area (Å²) in [6.45, 7) is 4.88. The Morgan fingerprint density at radius 3 is 2.56 bits per heavy atom. The summed E-state index contributed by atoms with van der Waals surface area (Å²) in [5.41, 5.74) is 0. The van der Waals surface area contributed by atoms with Gasteiger partial charge in [0.15, 0.2) is 0 Å². The van der Waals surface area contributed by atoms with E-state index < -0.39 is 0 Å². The molecule has 0 spiro atoms. The van der Waals surface area contributed by atoms with Gasteiger partial charge >= 0.3 is 5.97 Å². The largest absolute Gasteiger partial charge is 0.464 e. The van der Waals surface area contributed by atoms with Crippen molar-refractivity contribution in [3.63, 3.8) is 0 Å². The first-order valence-corrected chi connectivity index (χ1v) is 6.45. The summed E-state index contributed by atoms with van der Waals surface area (Å²) < 4.78 is 10.6. The van der Waals surface area contributed by atoms with Crippen molar-refractivity contribution in [1.29, 1.82) is 0 Å². The van der Waals surface area contributed by atoms with Gasteiger partial charge in [-0.25, -0.2) is 4.79 Å². The minimum absolute atomic E-state index is 0.128. The molecular weight excluding hydrogens is 204 g/mol. The number of carbonyl (C=O) groups is 1. The number of carbonyl (C=O) groups excluding carboxylic acids is 1. The van der Waals surface area contributed by atoms with E-state index in [2.05, 4.69) is 13.8 Å². The lowest BCUT2D eigenvalue weighted by molar-refractivity contribution is -0.152. The summed E-state index contributed by atoms with van der Waals surface area (Å²) in [6.07, 6.45) is 7.17. The van der Waals surface area contributed by atoms with Gasteiger partial charge in [0.25, 0.3) is 0 Å². The van der Waals surface area contributed by atoms with Gasteiger partial charge in [0.1, 0.15) is 6.61 Å². The Morgan fingerprint density at radius 1 is 1.25 bits per heavy atom. The van der Waals surface area contributed by atoms with Crippen LogP contribution < -0.4 is 0 Å². The van der Waals surface area contributed by atoms with Crippen molar-refractivity contribution in [2.24, 2.45) is 5.92 Å². The van der Waals surface area contributed by atoms with Crippen molar-refractivity contribution in [2.75, 3.05) is 13.2 Å². The lowest BCUT2D eigenvalue weighted by Crippen LogP contribution is -2.22. The van der Waals surface area contributed by atoms with E-state index in [1.165, 1.54) is 19.3 Å². The summed E-state index contributed by atoms with van der Waals surface area (Å²) in [5.74, 6) is 0.360. The van der Waals surface area contributed by atoms with Gasteiger partial charge < -0.3 is 9.47 Å². The van der Waals surface area contributed by atoms with Gasteiger partial charge in [0.2, 0.25) is 0 Å². The molecule has 16 heavy (non-hydrogen) atoms. The highest BCUT2D eigenvalue weighted by molar-refractivity contribution is 5.70. The fourth-order valence-electron chi connectivity index (χ4n) is 1.87. The zero-order chi connectivity index (χ0) is 11.8. The van der Waals surface area contributed by atoms with E-state index in [1.807, 2.05) is 0 Å². The molecule has 0 radical (unpaired) electrons. The van der Waals surface area contributed by atoms with E-state index in [9.17, 15) is 4.79 Å². The molecule has 1 aliphatic rings. The van der Waals surface area contributed by atoms with Gasteiger partial charge in [-0.2, -0.15) is 0 Å². The number of ether oxygens (including phenoxy) is 2. The molecule has 0 atom stereocenters. The highest BCUT2D eigenvalue weighted by Crippen LogP contribution is 2.20. The molecule has 0 aromatic carbocycles. The summed E-state index contributed by atoms with van der Waals surface area (Å²) >= 11 is 0. The molecular formula is C13H24O3. The van der Waals surface area contributed by atoms with Crippen LogP contribution in [0.5, 0.6) is 0 Å². The Labute approximate surface area is 98.5 Å². The highest BCUT2D eigenvalue weighted by Gasteiger charge is 2.15. The van der Waals surface area contributed by atoms with Crippen molar-refractivity contribution in [2.45, 2.75) is 58.5 Å². The van der Waals surface area contributed by atoms with Crippen LogP contribution in [0.25, 0.3) is 0 Å². The fraction of sp³-hybridized carbons (Fsp3) is 0.923. The Bertz CT molecular complexity index is 195. The Hall–Kier alpha value is -0.570. The summed E-state index contributed by atoms with van der Waals surface area (Å²) in [6, 6.07) is 0. The molecule has 0 amide bonds. The molecule has 1 aliphatic carbocycles. The predicted molar refractivity (Wildman–Crippen MR) is 63.2 cm³/mol. The monoisotopic (exact) mass is 228 g/mol. The van der Waals surface area contributed by atoms with Crippen LogP contribution in [0.15, 0.2) is 0 Å². The Kier molecular flexibility index (Phi) is 6.46. The normalized spacial score (nSPS) is 17.7. The van der Waals surface area contributed by atoms with E-state index in [-0.39, 0.29) is 18.7 Å². The van der Waals surface area contributed by atoms with Crippen LogP contribution in [-0.2, 0) is 14.3 Å². The van der Waals surface area contributed by atoms with Crippen LogP contribution in [0.1, 0.15) is 52.4 Å². The molecule has 0 aromatic heterocycles. The molecule has 0 bridgehead atoms. The predicted octanol–water partition coefficient (Wildman–Crippen LogP) is 2.93. The summed E-state index contributed by atoms with van der Waals surface area (Å²) in [5, 5.41) is 0. The molecule has 1 fully saturated rings. The first kappa shape index (κ1) is 13.5. The Morgan fingerprint density at radius 2 is 1.94 bits per heavy atom. The molecule has 94 valence electrons. The SMILES string of the molecule is CC(C)CCOC(=O)COC1CCCCC1. The molecule has 0 unspecified atom stereocenters. The first-order valence-electron chi connectivity index (χ1n) is 6.45. The molecule has 1 rings (SSSR count). The number of rotatable bonds is 6. The van der Waals surface area contributed by atoms with E-state index in [0.29, 0.717) is 12.5 Å². The van der Waals surface area contributed by atoms with Gasteiger partial charge in [0, 0.05) is 0 Å². The van der Waals surface area contributed by atoms with E-state index >= 15 is 0 Å². The molecule has 0 heterocycles. The topological polar surface area (TPSA) is 35.5 Å². The fourth-order valence-corrected chi connectivity index (χ4v) is 1.87. The minimum Gasteiger partial charge on any atom is -0.464 e. The zero-order valence-electron chi connectivity index (χ0n) is 10.5. The van der Waals surface area contributed by atoms with Gasteiger partial charge in [0.05, 0.1) is 12.7 Å². The lowest BCUT2D eigenvalue weighted by atomic mass is 9.98. The summed E-state index contributed by atoms with van der Waals surface area (Å²) in [4.78, 5) is 11.3. The summed E-state index contributed by atoms with van der Waals surface area (Å²) in [7, 11) is 0. The van der Waals surface area contributed by atoms with Gasteiger partial charge in [-0.05, 0) is 25.2 Å². The maximum atomic E-state index is 11.3. The van der Waals surface area contributed by atoms with Crippen LogP contribution in [-0.4, -0.2) is 25.3 Å². The quantitative estimate of drug-likeness (QED) is 0.656. The molecule has 0 aliphatic heterocycles. The van der Waals surface area contributed by atoms with E-state index in [4.69, 9.17) is 9.47 Å². The van der Waals surface area contributed by atoms with Crippen LogP contribution in [0, 0.1) is 5.92 Å². The highest BCUT2D eigenvalue weighted by atomic mass is 16.6. The Balaban J connectivity index is 2.00. The average Bonchev–Trinajstić information content (AvgIpc) is 2.27. The second-order valence-electron chi connectivity index (χ2n) is 4.97. The smallest absolute Gasteiger partial charge is 0.332 e. The number of hydrogen-bond acceptors (Lipinski definition) is 3. The minimum atomic E-state index is -0.216. The lowest BCUT2D eigenvalue weighted by Gasteiger charge is -2.21. The molecule has 0 N–H and O–H groups in total. The van der Waals surface area contributed by atoms with E-state index in [0.717, 1.165) is 19.3 Å². The third kappa shape index (κ3) is 6.11. The van der Waals surface area contributed by atoms with Gasteiger partial charge in [-0.15, -0.1) is 0 Å². The van der Waals surface area contributed by atoms with Crippen LogP contribution in [0.4, 0.5) is 0 Å².